The van der Waals surface area contributed by atoms with E-state index < -0.39 is 11.9 Å². The van der Waals surface area contributed by atoms with Gasteiger partial charge in [-0.2, -0.15) is 13.2 Å². The number of likely N-dealkylation sites (tertiary alicyclic amines) is 1. The number of halogens is 3. The van der Waals surface area contributed by atoms with E-state index in [9.17, 15) is 18.0 Å². The van der Waals surface area contributed by atoms with Gasteiger partial charge >= 0.3 is 6.18 Å². The Morgan fingerprint density at radius 3 is 2.53 bits per heavy atom. The molecule has 1 saturated heterocycles. The molecule has 3 aromatic heterocycles. The van der Waals surface area contributed by atoms with Gasteiger partial charge in [-0.05, 0) is 24.0 Å². The molecular weight excluding hydrogens is 473 g/mol. The standard InChI is InChI=1S/C25H21F3N6O2/c1-33-22(14-6-3-2-4-7-14)32-21-23(33)30-10-18(31-21)24(35)34-11-15-16(12-34)17(15)13-36-19-8-5-9-29-20(19)25(26,27)28/h2-10,15-17H,11-13H2,1H3/t15-,16+,17-. The number of hydrogen-bond donors (Lipinski definition) is 0. The van der Waals surface area contributed by atoms with Gasteiger partial charge in [0, 0.05) is 37.8 Å². The van der Waals surface area contributed by atoms with Crippen molar-refractivity contribution in [3.8, 4) is 17.1 Å². The quantitative estimate of drug-likeness (QED) is 0.419. The van der Waals surface area contributed by atoms with Crippen LogP contribution in [0.5, 0.6) is 5.75 Å². The number of aromatic nitrogens is 5. The zero-order chi connectivity index (χ0) is 25.0. The molecule has 1 saturated carbocycles. The third kappa shape index (κ3) is 3.84. The highest BCUT2D eigenvalue weighted by Crippen LogP contribution is 2.52. The number of carbonyl (C=O) groups is 1. The number of aryl methyl sites for hydroxylation is 1. The Kier molecular flexibility index (Phi) is 5.16. The summed E-state index contributed by atoms with van der Waals surface area (Å²) < 4.78 is 46.7. The lowest BCUT2D eigenvalue weighted by molar-refractivity contribution is -0.142. The van der Waals surface area contributed by atoms with Gasteiger partial charge in [-0.15, -0.1) is 0 Å². The number of nitrogens with zero attached hydrogens (tertiary/aromatic N) is 6. The van der Waals surface area contributed by atoms with Crippen LogP contribution in [0, 0.1) is 17.8 Å². The molecular formula is C25H21F3N6O2. The van der Waals surface area contributed by atoms with Crippen LogP contribution in [0.15, 0.2) is 54.9 Å². The van der Waals surface area contributed by atoms with Crippen molar-refractivity contribution in [1.82, 2.24) is 29.4 Å². The van der Waals surface area contributed by atoms with Crippen LogP contribution in [0.3, 0.4) is 0 Å². The second kappa shape index (κ2) is 8.28. The fraction of sp³-hybridized carbons (Fsp3) is 0.320. The van der Waals surface area contributed by atoms with E-state index in [1.54, 1.807) is 4.90 Å². The Morgan fingerprint density at radius 1 is 1.06 bits per heavy atom. The number of piperidine rings is 1. The van der Waals surface area contributed by atoms with Crippen molar-refractivity contribution in [3.63, 3.8) is 0 Å². The van der Waals surface area contributed by atoms with Crippen LogP contribution < -0.4 is 4.74 Å². The molecule has 0 unspecified atom stereocenters. The first kappa shape index (κ1) is 22.4. The first-order chi connectivity index (χ1) is 17.3. The third-order valence-corrected chi connectivity index (χ3v) is 6.96. The Labute approximate surface area is 203 Å². The number of ether oxygens (including phenoxy) is 1. The van der Waals surface area contributed by atoms with E-state index in [4.69, 9.17) is 4.74 Å². The van der Waals surface area contributed by atoms with Crippen molar-refractivity contribution < 1.29 is 22.7 Å². The fourth-order valence-electron chi connectivity index (χ4n) is 5.04. The summed E-state index contributed by atoms with van der Waals surface area (Å²) in [5.74, 6) is 0.703. The molecule has 36 heavy (non-hydrogen) atoms. The first-order valence-electron chi connectivity index (χ1n) is 11.5. The van der Waals surface area contributed by atoms with E-state index in [0.29, 0.717) is 30.2 Å². The second-order valence-electron chi connectivity index (χ2n) is 9.12. The highest BCUT2D eigenvalue weighted by molar-refractivity contribution is 5.93. The summed E-state index contributed by atoms with van der Waals surface area (Å²) in [5.41, 5.74) is 1.11. The van der Waals surface area contributed by atoms with Crippen LogP contribution in [0.2, 0.25) is 0 Å². The molecule has 1 aliphatic heterocycles. The molecule has 8 nitrogen and oxygen atoms in total. The number of rotatable bonds is 5. The maximum atomic E-state index is 13.1. The molecule has 0 spiro atoms. The average molecular weight is 494 g/mol. The van der Waals surface area contributed by atoms with Crippen LogP contribution in [-0.4, -0.2) is 55.0 Å². The van der Waals surface area contributed by atoms with Crippen molar-refractivity contribution in [1.29, 1.82) is 0 Å². The monoisotopic (exact) mass is 494 g/mol. The normalized spacial score (nSPS) is 21.0. The molecule has 1 aliphatic carbocycles. The molecule has 3 atom stereocenters. The zero-order valence-corrected chi connectivity index (χ0v) is 19.2. The van der Waals surface area contributed by atoms with Gasteiger partial charge in [-0.3, -0.25) is 4.79 Å². The highest BCUT2D eigenvalue weighted by atomic mass is 19.4. The van der Waals surface area contributed by atoms with Gasteiger partial charge in [0.1, 0.15) is 17.3 Å². The van der Waals surface area contributed by atoms with E-state index in [-0.39, 0.29) is 41.7 Å². The predicted octanol–water partition coefficient (Wildman–Crippen LogP) is 3.84. The maximum absolute atomic E-state index is 13.1. The minimum Gasteiger partial charge on any atom is -0.491 e. The molecule has 1 amide bonds. The molecule has 2 aliphatic rings. The van der Waals surface area contributed by atoms with Crippen LogP contribution in [0.4, 0.5) is 13.2 Å². The summed E-state index contributed by atoms with van der Waals surface area (Å²) in [7, 11) is 1.85. The SMILES string of the molecule is Cn1c(-c2ccccc2)nc2nc(C(=O)N3C[C@@H]4[C@H](COc5cccnc5C(F)(F)F)[C@@H]4C3)cnc21. The molecule has 184 valence electrons. The number of alkyl halides is 3. The van der Waals surface area contributed by atoms with Crippen LogP contribution in [0.1, 0.15) is 16.2 Å². The highest BCUT2D eigenvalue weighted by Gasteiger charge is 2.57. The van der Waals surface area contributed by atoms with Gasteiger partial charge in [0.25, 0.3) is 5.91 Å². The topological polar surface area (TPSA) is 86.0 Å². The summed E-state index contributed by atoms with van der Waals surface area (Å²) in [6, 6.07) is 12.4. The number of fused-ring (bicyclic) bond motifs is 2. The number of amides is 1. The van der Waals surface area contributed by atoms with Gasteiger partial charge < -0.3 is 14.2 Å². The van der Waals surface area contributed by atoms with Gasteiger partial charge in [-0.25, -0.2) is 19.9 Å². The Morgan fingerprint density at radius 2 is 1.81 bits per heavy atom. The lowest BCUT2D eigenvalue weighted by Gasteiger charge is -2.19. The van der Waals surface area contributed by atoms with Crippen molar-refractivity contribution >= 4 is 17.2 Å². The Bertz CT molecular complexity index is 1440. The smallest absolute Gasteiger partial charge is 0.437 e. The number of benzene rings is 1. The van der Waals surface area contributed by atoms with Crippen LogP contribution in [-0.2, 0) is 13.2 Å². The molecule has 0 bridgehead atoms. The molecule has 1 aromatic carbocycles. The minimum atomic E-state index is -4.57. The molecule has 6 rings (SSSR count). The maximum Gasteiger partial charge on any atom is 0.437 e. The first-order valence-corrected chi connectivity index (χ1v) is 11.5. The number of imidazole rings is 1. The average Bonchev–Trinajstić information content (AvgIpc) is 3.18. The molecule has 11 heteroatoms. The Hall–Kier alpha value is -4.02. The number of carbonyl (C=O) groups excluding carboxylic acids is 1. The summed E-state index contributed by atoms with van der Waals surface area (Å²) in [4.78, 5) is 31.7. The van der Waals surface area contributed by atoms with Crippen LogP contribution >= 0.6 is 0 Å². The molecule has 4 heterocycles. The van der Waals surface area contributed by atoms with Crippen molar-refractivity contribution in [2.75, 3.05) is 19.7 Å². The lowest BCUT2D eigenvalue weighted by atomic mass is 10.2. The van der Waals surface area contributed by atoms with E-state index in [1.807, 2.05) is 41.9 Å². The van der Waals surface area contributed by atoms with Crippen molar-refractivity contribution in [3.05, 3.63) is 66.2 Å². The Balaban J connectivity index is 1.11. The van der Waals surface area contributed by atoms with E-state index in [1.165, 1.54) is 18.3 Å². The van der Waals surface area contributed by atoms with E-state index in [0.717, 1.165) is 11.8 Å². The summed E-state index contributed by atoms with van der Waals surface area (Å²) >= 11 is 0. The van der Waals surface area contributed by atoms with Gasteiger partial charge in [0.15, 0.2) is 17.0 Å². The van der Waals surface area contributed by atoms with E-state index in [2.05, 4.69) is 19.9 Å². The predicted molar refractivity (Wildman–Crippen MR) is 123 cm³/mol. The fourth-order valence-corrected chi connectivity index (χ4v) is 5.04. The van der Waals surface area contributed by atoms with E-state index >= 15 is 0 Å². The number of hydrogen-bond acceptors (Lipinski definition) is 6. The van der Waals surface area contributed by atoms with Gasteiger partial charge in [-0.1, -0.05) is 30.3 Å². The zero-order valence-electron chi connectivity index (χ0n) is 19.2. The molecule has 0 N–H and O–H groups in total. The molecule has 2 fully saturated rings. The largest absolute Gasteiger partial charge is 0.491 e. The van der Waals surface area contributed by atoms with Gasteiger partial charge in [0.05, 0.1) is 12.8 Å². The third-order valence-electron chi connectivity index (χ3n) is 6.96. The summed E-state index contributed by atoms with van der Waals surface area (Å²) in [6.07, 6.45) is -2.01. The summed E-state index contributed by atoms with van der Waals surface area (Å²) in [5, 5.41) is 0. The lowest BCUT2D eigenvalue weighted by Crippen LogP contribution is -2.33. The molecule has 0 radical (unpaired) electrons. The second-order valence-corrected chi connectivity index (χ2v) is 9.12. The van der Waals surface area contributed by atoms with Crippen molar-refractivity contribution in [2.45, 2.75) is 6.18 Å². The summed E-state index contributed by atoms with van der Waals surface area (Å²) in [6.45, 7) is 1.18. The minimum absolute atomic E-state index is 0.105. The van der Waals surface area contributed by atoms with Gasteiger partial charge in [0.2, 0.25) is 0 Å². The van der Waals surface area contributed by atoms with Crippen LogP contribution in [0.25, 0.3) is 22.7 Å². The molecule has 4 aromatic rings. The number of pyridine rings is 1. The van der Waals surface area contributed by atoms with Crippen molar-refractivity contribution in [2.24, 2.45) is 24.8 Å².